The average Bonchev–Trinajstić information content (AvgIpc) is 2.34. The molecule has 2 rings (SSSR count). The zero-order valence-electron chi connectivity index (χ0n) is 9.60. The van der Waals surface area contributed by atoms with E-state index in [1.807, 2.05) is 0 Å². The smallest absolute Gasteiger partial charge is 0.261 e. The third kappa shape index (κ3) is 1.85. The molecular formula is C12H12N2O3. The summed E-state index contributed by atoms with van der Waals surface area (Å²) in [4.78, 5) is 27.5. The zero-order chi connectivity index (χ0) is 12.6. The van der Waals surface area contributed by atoms with Crippen LogP contribution in [0, 0.1) is 6.92 Å². The van der Waals surface area contributed by atoms with Gasteiger partial charge in [-0.05, 0) is 19.1 Å². The van der Waals surface area contributed by atoms with Gasteiger partial charge in [-0.1, -0.05) is 6.07 Å². The Labute approximate surface area is 97.3 Å². The number of aliphatic hydroxyl groups is 1. The van der Waals surface area contributed by atoms with E-state index in [1.54, 1.807) is 20.0 Å². The molecule has 0 fully saturated rings. The highest BCUT2D eigenvalue weighted by Gasteiger charge is 2.09. The number of carbonyl (C=O) groups excluding carboxylic acids is 1. The van der Waals surface area contributed by atoms with Gasteiger partial charge in [0, 0.05) is 12.6 Å². The van der Waals surface area contributed by atoms with Crippen molar-refractivity contribution in [1.82, 2.24) is 9.55 Å². The Morgan fingerprint density at radius 2 is 2.18 bits per heavy atom. The van der Waals surface area contributed by atoms with Crippen LogP contribution in [0.4, 0.5) is 0 Å². The molecule has 0 amide bonds. The van der Waals surface area contributed by atoms with Crippen LogP contribution < -0.4 is 5.56 Å². The van der Waals surface area contributed by atoms with Gasteiger partial charge in [0.15, 0.2) is 5.78 Å². The minimum Gasteiger partial charge on any atom is -0.388 e. The predicted molar refractivity (Wildman–Crippen MR) is 63.1 cm³/mol. The van der Waals surface area contributed by atoms with Crippen LogP contribution in [-0.4, -0.2) is 27.0 Å². The van der Waals surface area contributed by atoms with Gasteiger partial charge in [-0.3, -0.25) is 14.2 Å². The summed E-state index contributed by atoms with van der Waals surface area (Å²) in [7, 11) is 1.65. The lowest BCUT2D eigenvalue weighted by Gasteiger charge is -2.06. The molecular weight excluding hydrogens is 220 g/mol. The molecule has 5 nitrogen and oxygen atoms in total. The number of Topliss-reactive ketones (excluding diaryl/α,β-unsaturated/α-hetero) is 1. The fraction of sp³-hybridized carbons (Fsp3) is 0.250. The molecule has 88 valence electrons. The number of carbonyl (C=O) groups is 1. The van der Waals surface area contributed by atoms with E-state index in [0.717, 1.165) is 0 Å². The van der Waals surface area contributed by atoms with Gasteiger partial charge >= 0.3 is 0 Å². The van der Waals surface area contributed by atoms with Crippen molar-refractivity contribution in [3.63, 3.8) is 0 Å². The maximum atomic E-state index is 11.9. The maximum absolute atomic E-state index is 11.9. The van der Waals surface area contributed by atoms with Crippen molar-refractivity contribution < 1.29 is 9.90 Å². The Morgan fingerprint density at radius 1 is 1.47 bits per heavy atom. The first-order valence-corrected chi connectivity index (χ1v) is 5.16. The summed E-state index contributed by atoms with van der Waals surface area (Å²) in [6, 6.07) is 4.62. The number of hydrogen-bond donors (Lipinski definition) is 1. The molecule has 0 saturated carbocycles. The van der Waals surface area contributed by atoms with Crippen molar-refractivity contribution in [2.24, 2.45) is 7.05 Å². The highest BCUT2D eigenvalue weighted by Crippen LogP contribution is 2.11. The summed E-state index contributed by atoms with van der Waals surface area (Å²) < 4.78 is 1.45. The Morgan fingerprint density at radius 3 is 2.82 bits per heavy atom. The second-order valence-electron chi connectivity index (χ2n) is 3.84. The standard InChI is InChI=1S/C12H12N2O3/c1-7-13-10-5-8(11(16)6-15)3-4-9(10)12(17)14(7)2/h3-5,15H,6H2,1-2H3. The summed E-state index contributed by atoms with van der Waals surface area (Å²) in [5.74, 6) is 0.197. The molecule has 0 unspecified atom stereocenters. The molecule has 1 heterocycles. The first kappa shape index (κ1) is 11.5. The number of nitrogens with zero attached hydrogens (tertiary/aromatic N) is 2. The predicted octanol–water partition coefficient (Wildman–Crippen LogP) is 0.417. The van der Waals surface area contributed by atoms with E-state index < -0.39 is 6.61 Å². The van der Waals surface area contributed by atoms with Crippen molar-refractivity contribution in [3.8, 4) is 0 Å². The monoisotopic (exact) mass is 232 g/mol. The second-order valence-corrected chi connectivity index (χ2v) is 3.84. The normalized spacial score (nSPS) is 10.8. The van der Waals surface area contributed by atoms with Crippen molar-refractivity contribution in [2.75, 3.05) is 6.61 Å². The molecule has 0 radical (unpaired) electrons. The molecule has 1 N–H and O–H groups in total. The number of aryl methyl sites for hydroxylation is 1. The maximum Gasteiger partial charge on any atom is 0.261 e. The van der Waals surface area contributed by atoms with Crippen LogP contribution in [-0.2, 0) is 7.05 Å². The molecule has 0 spiro atoms. The topological polar surface area (TPSA) is 72.2 Å². The number of aliphatic hydroxyl groups excluding tert-OH is 1. The number of aromatic nitrogens is 2. The van der Waals surface area contributed by atoms with Crippen LogP contribution in [0.2, 0.25) is 0 Å². The van der Waals surface area contributed by atoms with Gasteiger partial charge in [-0.2, -0.15) is 0 Å². The summed E-state index contributed by atoms with van der Waals surface area (Å²) in [6.45, 7) is 1.18. The second kappa shape index (κ2) is 4.10. The van der Waals surface area contributed by atoms with Crippen LogP contribution in [0.1, 0.15) is 16.2 Å². The average molecular weight is 232 g/mol. The summed E-state index contributed by atoms with van der Waals surface area (Å²) in [5.41, 5.74) is 0.695. The van der Waals surface area contributed by atoms with E-state index in [4.69, 9.17) is 5.11 Å². The Hall–Kier alpha value is -2.01. The lowest BCUT2D eigenvalue weighted by atomic mass is 10.1. The number of fused-ring (bicyclic) bond motifs is 1. The Kier molecular flexibility index (Phi) is 2.77. The molecule has 0 aliphatic rings. The molecule has 0 aliphatic carbocycles. The fourth-order valence-corrected chi connectivity index (χ4v) is 1.65. The highest BCUT2D eigenvalue weighted by atomic mass is 16.3. The first-order valence-electron chi connectivity index (χ1n) is 5.16. The third-order valence-electron chi connectivity index (χ3n) is 2.77. The lowest BCUT2D eigenvalue weighted by molar-refractivity contribution is 0.0904. The summed E-state index contributed by atoms with van der Waals surface area (Å²) in [5, 5.41) is 9.24. The number of hydrogen-bond acceptors (Lipinski definition) is 4. The number of ketones is 1. The minimum absolute atomic E-state index is 0.143. The van der Waals surface area contributed by atoms with Crippen molar-refractivity contribution in [3.05, 3.63) is 39.9 Å². The van der Waals surface area contributed by atoms with Gasteiger partial charge in [-0.15, -0.1) is 0 Å². The van der Waals surface area contributed by atoms with E-state index in [0.29, 0.717) is 22.3 Å². The van der Waals surface area contributed by atoms with Crippen molar-refractivity contribution in [1.29, 1.82) is 0 Å². The quantitative estimate of drug-likeness (QED) is 0.761. The molecule has 2 aromatic rings. The van der Waals surface area contributed by atoms with Crippen molar-refractivity contribution in [2.45, 2.75) is 6.92 Å². The molecule has 0 aliphatic heterocycles. The van der Waals surface area contributed by atoms with Gasteiger partial charge in [0.25, 0.3) is 5.56 Å². The zero-order valence-corrected chi connectivity index (χ0v) is 9.60. The highest BCUT2D eigenvalue weighted by molar-refractivity contribution is 5.99. The molecule has 17 heavy (non-hydrogen) atoms. The summed E-state index contributed by atoms with van der Waals surface area (Å²) >= 11 is 0. The van der Waals surface area contributed by atoms with Crippen LogP contribution >= 0.6 is 0 Å². The van der Waals surface area contributed by atoms with E-state index in [-0.39, 0.29) is 11.3 Å². The van der Waals surface area contributed by atoms with Crippen LogP contribution in [0.25, 0.3) is 10.9 Å². The van der Waals surface area contributed by atoms with Crippen LogP contribution in [0.15, 0.2) is 23.0 Å². The van der Waals surface area contributed by atoms with Gasteiger partial charge in [-0.25, -0.2) is 4.98 Å². The van der Waals surface area contributed by atoms with E-state index in [1.165, 1.54) is 16.7 Å². The fourth-order valence-electron chi connectivity index (χ4n) is 1.65. The molecule has 5 heteroatoms. The molecule has 0 bridgehead atoms. The van der Waals surface area contributed by atoms with Crippen LogP contribution in [0.5, 0.6) is 0 Å². The third-order valence-corrected chi connectivity index (χ3v) is 2.77. The van der Waals surface area contributed by atoms with Gasteiger partial charge in [0.2, 0.25) is 0 Å². The minimum atomic E-state index is -0.546. The van der Waals surface area contributed by atoms with Crippen molar-refractivity contribution >= 4 is 16.7 Å². The van der Waals surface area contributed by atoms with Gasteiger partial charge < -0.3 is 5.11 Å². The Balaban J connectivity index is 2.76. The largest absolute Gasteiger partial charge is 0.388 e. The van der Waals surface area contributed by atoms with Gasteiger partial charge in [0.05, 0.1) is 10.9 Å². The number of benzene rings is 1. The molecule has 0 atom stereocenters. The van der Waals surface area contributed by atoms with E-state index in [2.05, 4.69) is 4.98 Å². The van der Waals surface area contributed by atoms with E-state index in [9.17, 15) is 9.59 Å². The first-order chi connectivity index (χ1) is 8.04. The van der Waals surface area contributed by atoms with Gasteiger partial charge in [0.1, 0.15) is 12.4 Å². The molecule has 1 aromatic heterocycles. The number of rotatable bonds is 2. The SMILES string of the molecule is Cc1nc2cc(C(=O)CO)ccc2c(=O)n1C. The Bertz CT molecular complexity index is 659. The molecule has 0 saturated heterocycles. The van der Waals surface area contributed by atoms with Crippen LogP contribution in [0.3, 0.4) is 0 Å². The summed E-state index contributed by atoms with van der Waals surface area (Å²) in [6.07, 6.45) is 0. The molecule has 1 aromatic carbocycles. The van der Waals surface area contributed by atoms with E-state index >= 15 is 0 Å². The lowest BCUT2D eigenvalue weighted by Crippen LogP contribution is -2.20.